The maximum absolute atomic E-state index is 2.34. The van der Waals surface area contributed by atoms with Crippen LogP contribution in [0.1, 0.15) is 0 Å². The fourth-order valence-corrected chi connectivity index (χ4v) is 8.65. The van der Waals surface area contributed by atoms with Crippen LogP contribution in [0.5, 0.6) is 0 Å². The molecule has 0 N–H and O–H groups in total. The minimum atomic E-state index is 1.11. The van der Waals surface area contributed by atoms with Crippen molar-refractivity contribution >= 4 is 60.0 Å². The first-order chi connectivity index (χ1) is 26.7. The summed E-state index contributed by atoms with van der Waals surface area (Å²) in [6.45, 7) is 0. The van der Waals surface area contributed by atoms with E-state index in [4.69, 9.17) is 0 Å². The van der Waals surface area contributed by atoms with Crippen LogP contribution in [0.2, 0.25) is 0 Å². The minimum Gasteiger partial charge on any atom is -0.311 e. The predicted molar refractivity (Wildman–Crippen MR) is 233 cm³/mol. The van der Waals surface area contributed by atoms with Gasteiger partial charge in [-0.2, -0.15) is 0 Å². The zero-order valence-corrected chi connectivity index (χ0v) is 30.4. The maximum atomic E-state index is 2.34. The van der Waals surface area contributed by atoms with Crippen molar-refractivity contribution in [2.24, 2.45) is 0 Å². The first-order valence-electron chi connectivity index (χ1n) is 18.4. The van der Waals surface area contributed by atoms with Crippen LogP contribution in [-0.4, -0.2) is 0 Å². The van der Waals surface area contributed by atoms with E-state index in [0.717, 1.165) is 17.1 Å². The van der Waals surface area contributed by atoms with Gasteiger partial charge in [-0.05, 0) is 127 Å². The molecule has 10 rings (SSSR count). The van der Waals surface area contributed by atoms with E-state index in [-0.39, 0.29) is 0 Å². The van der Waals surface area contributed by atoms with Gasteiger partial charge >= 0.3 is 0 Å². The number of benzene rings is 9. The summed E-state index contributed by atoms with van der Waals surface area (Å²) in [5, 5.41) is 6.39. The van der Waals surface area contributed by atoms with Crippen molar-refractivity contribution in [1.82, 2.24) is 0 Å². The molecule has 0 saturated heterocycles. The molecule has 0 spiro atoms. The van der Waals surface area contributed by atoms with Crippen LogP contribution >= 0.6 is 11.3 Å². The third kappa shape index (κ3) is 6.13. The Morgan fingerprint density at radius 1 is 0.259 bits per heavy atom. The number of hydrogen-bond donors (Lipinski definition) is 0. The lowest BCUT2D eigenvalue weighted by Gasteiger charge is -2.26. The summed E-state index contributed by atoms with van der Waals surface area (Å²) < 4.78 is 1.32. The predicted octanol–water partition coefficient (Wildman–Crippen LogP) is 15.3. The van der Waals surface area contributed by atoms with Crippen LogP contribution in [-0.2, 0) is 0 Å². The molecule has 1 nitrogen and oxygen atoms in total. The number of anilines is 3. The van der Waals surface area contributed by atoms with E-state index in [0.29, 0.717) is 0 Å². The molecule has 0 aliphatic heterocycles. The van der Waals surface area contributed by atoms with E-state index in [1.165, 1.54) is 75.5 Å². The molecular weight excluding hydrogens is 671 g/mol. The standard InChI is InChI=1S/C52H35NS/c1-2-8-36(9-3-1)39-20-26-48(27-21-39)53(50-30-24-41(25-31-50)46-19-16-37-10-4-5-11-43(37)32-46)49-28-22-40(23-29-49)38-14-17-42(18-15-38)51-35-47-33-44-12-6-7-13-45(44)34-52(47)54-51/h1-35H. The highest BCUT2D eigenvalue weighted by molar-refractivity contribution is 7.22. The number of rotatable bonds is 7. The van der Waals surface area contributed by atoms with Gasteiger partial charge in [-0.25, -0.2) is 0 Å². The summed E-state index contributed by atoms with van der Waals surface area (Å²) in [6, 6.07) is 77.1. The van der Waals surface area contributed by atoms with Gasteiger partial charge in [0, 0.05) is 26.6 Å². The molecule has 9 aromatic carbocycles. The SMILES string of the molecule is c1ccc(-c2ccc(N(c3ccc(-c4ccc(-c5cc6cc7ccccc7cc6s5)cc4)cc3)c3ccc(-c4ccc5ccccc5c4)cc3)cc2)cc1. The molecule has 0 fully saturated rings. The largest absolute Gasteiger partial charge is 0.311 e. The summed E-state index contributed by atoms with van der Waals surface area (Å²) >= 11 is 1.86. The molecule has 1 aromatic heterocycles. The number of nitrogens with zero attached hydrogens (tertiary/aromatic N) is 1. The third-order valence-electron chi connectivity index (χ3n) is 10.5. The topological polar surface area (TPSA) is 3.24 Å². The Balaban J connectivity index is 0.959. The molecular formula is C52H35NS. The smallest absolute Gasteiger partial charge is 0.0462 e. The van der Waals surface area contributed by atoms with Crippen molar-refractivity contribution in [3.63, 3.8) is 0 Å². The zero-order valence-electron chi connectivity index (χ0n) is 29.6. The first-order valence-corrected chi connectivity index (χ1v) is 19.2. The fraction of sp³-hybridized carbons (Fsp3) is 0. The highest BCUT2D eigenvalue weighted by Crippen LogP contribution is 2.39. The van der Waals surface area contributed by atoms with Crippen molar-refractivity contribution in [3.05, 3.63) is 212 Å². The van der Waals surface area contributed by atoms with E-state index >= 15 is 0 Å². The van der Waals surface area contributed by atoms with Gasteiger partial charge in [0.15, 0.2) is 0 Å². The molecule has 54 heavy (non-hydrogen) atoms. The van der Waals surface area contributed by atoms with Crippen LogP contribution in [0.4, 0.5) is 17.1 Å². The van der Waals surface area contributed by atoms with E-state index in [1.807, 2.05) is 11.3 Å². The zero-order chi connectivity index (χ0) is 35.8. The molecule has 2 heteroatoms. The molecule has 0 saturated carbocycles. The lowest BCUT2D eigenvalue weighted by atomic mass is 10.0. The van der Waals surface area contributed by atoms with E-state index in [9.17, 15) is 0 Å². The minimum absolute atomic E-state index is 1.11. The fourth-order valence-electron chi connectivity index (χ4n) is 7.55. The quantitative estimate of drug-likeness (QED) is 0.160. The second-order valence-corrected chi connectivity index (χ2v) is 14.9. The maximum Gasteiger partial charge on any atom is 0.0462 e. The molecule has 0 atom stereocenters. The van der Waals surface area contributed by atoms with Gasteiger partial charge in [-0.3, -0.25) is 0 Å². The summed E-state index contributed by atoms with van der Waals surface area (Å²) in [5.74, 6) is 0. The summed E-state index contributed by atoms with van der Waals surface area (Å²) in [7, 11) is 0. The summed E-state index contributed by atoms with van der Waals surface area (Å²) in [4.78, 5) is 3.64. The second kappa shape index (κ2) is 13.7. The van der Waals surface area contributed by atoms with Gasteiger partial charge in [0.2, 0.25) is 0 Å². The molecule has 0 unspecified atom stereocenters. The number of fused-ring (bicyclic) bond motifs is 3. The van der Waals surface area contributed by atoms with Crippen molar-refractivity contribution in [3.8, 4) is 43.8 Å². The summed E-state index contributed by atoms with van der Waals surface area (Å²) in [6.07, 6.45) is 0. The third-order valence-corrected chi connectivity index (χ3v) is 11.6. The van der Waals surface area contributed by atoms with Crippen LogP contribution < -0.4 is 4.90 Å². The van der Waals surface area contributed by atoms with Gasteiger partial charge < -0.3 is 4.90 Å². The summed E-state index contributed by atoms with van der Waals surface area (Å²) in [5.41, 5.74) is 11.8. The number of thiophene rings is 1. The molecule has 0 aliphatic rings. The monoisotopic (exact) mass is 705 g/mol. The van der Waals surface area contributed by atoms with E-state index in [1.54, 1.807) is 0 Å². The Hall–Kier alpha value is -6.74. The van der Waals surface area contributed by atoms with Gasteiger partial charge in [0.25, 0.3) is 0 Å². The van der Waals surface area contributed by atoms with Gasteiger partial charge in [0.1, 0.15) is 0 Å². The van der Waals surface area contributed by atoms with Crippen molar-refractivity contribution < 1.29 is 0 Å². The van der Waals surface area contributed by atoms with E-state index in [2.05, 4.69) is 217 Å². The Bertz CT molecular complexity index is 2830. The molecule has 254 valence electrons. The Morgan fingerprint density at radius 3 is 1.24 bits per heavy atom. The Morgan fingerprint density at radius 2 is 0.667 bits per heavy atom. The normalized spacial score (nSPS) is 11.3. The molecule has 0 amide bonds. The van der Waals surface area contributed by atoms with Crippen LogP contribution in [0.3, 0.4) is 0 Å². The average Bonchev–Trinajstić information content (AvgIpc) is 3.67. The average molecular weight is 706 g/mol. The van der Waals surface area contributed by atoms with E-state index < -0.39 is 0 Å². The van der Waals surface area contributed by atoms with Crippen molar-refractivity contribution in [2.45, 2.75) is 0 Å². The molecule has 0 aliphatic carbocycles. The van der Waals surface area contributed by atoms with Crippen LogP contribution in [0, 0.1) is 0 Å². The van der Waals surface area contributed by atoms with Gasteiger partial charge in [0.05, 0.1) is 0 Å². The van der Waals surface area contributed by atoms with Crippen molar-refractivity contribution in [2.75, 3.05) is 4.90 Å². The molecule has 0 bridgehead atoms. The van der Waals surface area contributed by atoms with Crippen LogP contribution in [0.25, 0.3) is 75.5 Å². The highest BCUT2D eigenvalue weighted by atomic mass is 32.1. The number of hydrogen-bond acceptors (Lipinski definition) is 2. The molecule has 10 aromatic rings. The van der Waals surface area contributed by atoms with Gasteiger partial charge in [-0.1, -0.05) is 152 Å². The second-order valence-electron chi connectivity index (χ2n) is 13.8. The Labute approximate surface area is 319 Å². The lowest BCUT2D eigenvalue weighted by Crippen LogP contribution is -2.09. The van der Waals surface area contributed by atoms with Gasteiger partial charge in [-0.15, -0.1) is 11.3 Å². The first kappa shape index (κ1) is 32.0. The molecule has 0 radical (unpaired) electrons. The Kier molecular flexibility index (Phi) is 8.09. The highest BCUT2D eigenvalue weighted by Gasteiger charge is 2.14. The van der Waals surface area contributed by atoms with Crippen LogP contribution in [0.15, 0.2) is 212 Å². The van der Waals surface area contributed by atoms with Crippen molar-refractivity contribution in [1.29, 1.82) is 0 Å². The lowest BCUT2D eigenvalue weighted by molar-refractivity contribution is 1.28. The molecule has 1 heterocycles.